The van der Waals surface area contributed by atoms with Crippen molar-refractivity contribution in [2.24, 2.45) is 0 Å². The van der Waals surface area contributed by atoms with Crippen LogP contribution in [0.1, 0.15) is 36.8 Å². The summed E-state index contributed by atoms with van der Waals surface area (Å²) in [6.45, 7) is 8.22. The normalized spacial score (nSPS) is 11.4. The maximum Gasteiger partial charge on any atom is 0.262 e. The monoisotopic (exact) mass is 435 g/mol. The fraction of sp³-hybridized carbons (Fsp3) is 0.304. The first kappa shape index (κ1) is 21.0. The first-order valence-electron chi connectivity index (χ1n) is 10.2. The smallest absolute Gasteiger partial charge is 0.262 e. The van der Waals surface area contributed by atoms with E-state index in [2.05, 4.69) is 15.4 Å². The molecule has 4 aromatic rings. The highest BCUT2D eigenvalue weighted by Crippen LogP contribution is 2.26. The number of nitrogens with zero attached hydrogens (tertiary/aromatic N) is 4. The van der Waals surface area contributed by atoms with Crippen molar-refractivity contribution in [2.45, 2.75) is 46.7 Å². The van der Waals surface area contributed by atoms with E-state index in [1.54, 1.807) is 4.68 Å². The summed E-state index contributed by atoms with van der Waals surface area (Å²) >= 11 is 1.52. The number of aromatic nitrogens is 4. The molecule has 1 N–H and O–H groups in total. The first-order valence-corrected chi connectivity index (χ1v) is 11.1. The van der Waals surface area contributed by atoms with Crippen molar-refractivity contribution in [2.75, 3.05) is 5.32 Å². The second-order valence-corrected chi connectivity index (χ2v) is 9.03. The molecule has 0 bridgehead atoms. The van der Waals surface area contributed by atoms with Gasteiger partial charge in [-0.25, -0.2) is 9.67 Å². The largest absolute Gasteiger partial charge is 0.311 e. The summed E-state index contributed by atoms with van der Waals surface area (Å²) in [6, 6.07) is 11.8. The number of thiophene rings is 1. The van der Waals surface area contributed by atoms with E-state index in [0.29, 0.717) is 11.2 Å². The molecular formula is C23H25N5O2S. The van der Waals surface area contributed by atoms with Crippen molar-refractivity contribution < 1.29 is 4.79 Å². The van der Waals surface area contributed by atoms with Crippen LogP contribution >= 0.6 is 11.3 Å². The molecule has 160 valence electrons. The number of carbonyl (C=O) groups excluding carboxylic acids is 1. The van der Waals surface area contributed by atoms with Gasteiger partial charge in [-0.05, 0) is 33.3 Å². The van der Waals surface area contributed by atoms with Crippen molar-refractivity contribution in [3.8, 4) is 11.3 Å². The Morgan fingerprint density at radius 3 is 2.65 bits per heavy atom. The Balaban J connectivity index is 1.51. The molecule has 0 aliphatic rings. The van der Waals surface area contributed by atoms with Crippen LogP contribution in [0.4, 0.5) is 5.82 Å². The first-order chi connectivity index (χ1) is 14.8. The number of hydrogen-bond acceptors (Lipinski definition) is 5. The molecule has 7 nitrogen and oxygen atoms in total. The Labute approximate surface area is 184 Å². The van der Waals surface area contributed by atoms with Gasteiger partial charge in [-0.3, -0.25) is 14.2 Å². The minimum atomic E-state index is -0.174. The van der Waals surface area contributed by atoms with Gasteiger partial charge in [0.2, 0.25) is 5.91 Å². The van der Waals surface area contributed by atoms with Crippen LogP contribution in [0.2, 0.25) is 0 Å². The molecule has 0 atom stereocenters. The third kappa shape index (κ3) is 4.16. The van der Waals surface area contributed by atoms with Crippen molar-refractivity contribution in [1.29, 1.82) is 0 Å². The molecule has 1 amide bonds. The molecule has 0 spiro atoms. The molecule has 0 aliphatic heterocycles. The molecule has 0 saturated heterocycles. The van der Waals surface area contributed by atoms with E-state index in [0.717, 1.165) is 26.5 Å². The zero-order valence-electron chi connectivity index (χ0n) is 18.0. The number of anilines is 1. The van der Waals surface area contributed by atoms with Crippen LogP contribution in [0.25, 0.3) is 21.5 Å². The maximum absolute atomic E-state index is 12.8. The lowest BCUT2D eigenvalue weighted by Crippen LogP contribution is -2.24. The van der Waals surface area contributed by atoms with E-state index < -0.39 is 0 Å². The van der Waals surface area contributed by atoms with Crippen LogP contribution in [0.15, 0.2) is 47.5 Å². The minimum absolute atomic E-state index is 0.0896. The van der Waals surface area contributed by atoms with Crippen LogP contribution in [0.5, 0.6) is 0 Å². The van der Waals surface area contributed by atoms with Crippen molar-refractivity contribution in [1.82, 2.24) is 19.3 Å². The number of carbonyl (C=O) groups is 1. The zero-order valence-corrected chi connectivity index (χ0v) is 18.9. The van der Waals surface area contributed by atoms with Crippen LogP contribution in [0, 0.1) is 13.8 Å². The number of rotatable bonds is 6. The predicted octanol–water partition coefficient (Wildman–Crippen LogP) is 4.55. The molecule has 0 fully saturated rings. The molecule has 3 aromatic heterocycles. The molecule has 0 unspecified atom stereocenters. The quantitative estimate of drug-likeness (QED) is 0.482. The van der Waals surface area contributed by atoms with E-state index in [1.807, 2.05) is 64.1 Å². The summed E-state index contributed by atoms with van der Waals surface area (Å²) in [6.07, 6.45) is 1.69. The highest BCUT2D eigenvalue weighted by molar-refractivity contribution is 7.18. The lowest BCUT2D eigenvalue weighted by molar-refractivity contribution is -0.116. The van der Waals surface area contributed by atoms with Crippen molar-refractivity contribution in [3.63, 3.8) is 0 Å². The number of amides is 1. The predicted molar refractivity (Wildman–Crippen MR) is 125 cm³/mol. The van der Waals surface area contributed by atoms with E-state index in [-0.39, 0.29) is 30.5 Å². The summed E-state index contributed by atoms with van der Waals surface area (Å²) in [5.41, 5.74) is 2.66. The highest BCUT2D eigenvalue weighted by Gasteiger charge is 2.16. The molecule has 0 saturated carbocycles. The SMILES string of the molecule is Cc1sc2ncn(CCC(=O)Nc3cc(-c4ccccc4)nn3C(C)C)c(=O)c2c1C. The lowest BCUT2D eigenvalue weighted by atomic mass is 10.1. The third-order valence-electron chi connectivity index (χ3n) is 5.30. The highest BCUT2D eigenvalue weighted by atomic mass is 32.1. The number of aryl methyl sites for hydroxylation is 3. The summed E-state index contributed by atoms with van der Waals surface area (Å²) in [4.78, 5) is 31.7. The van der Waals surface area contributed by atoms with Crippen LogP contribution in [0.3, 0.4) is 0 Å². The van der Waals surface area contributed by atoms with Gasteiger partial charge in [0, 0.05) is 35.5 Å². The second-order valence-electron chi connectivity index (χ2n) is 7.82. The number of fused-ring (bicyclic) bond motifs is 1. The molecular weight excluding hydrogens is 410 g/mol. The van der Waals surface area contributed by atoms with Crippen LogP contribution in [-0.4, -0.2) is 25.2 Å². The standard InChI is InChI=1S/C23H25N5O2S/c1-14(2)28-19(12-18(26-28)17-8-6-5-7-9-17)25-20(29)10-11-27-13-24-22-21(23(27)30)15(3)16(4)31-22/h5-9,12-14H,10-11H2,1-4H3,(H,25,29). The number of hydrogen-bond donors (Lipinski definition) is 1. The molecule has 3 heterocycles. The van der Waals surface area contributed by atoms with Gasteiger partial charge in [-0.2, -0.15) is 5.10 Å². The fourth-order valence-corrected chi connectivity index (χ4v) is 4.48. The van der Waals surface area contributed by atoms with Gasteiger partial charge in [0.1, 0.15) is 10.6 Å². The van der Waals surface area contributed by atoms with E-state index in [4.69, 9.17) is 0 Å². The Hall–Kier alpha value is -3.26. The van der Waals surface area contributed by atoms with Gasteiger partial charge in [-0.1, -0.05) is 30.3 Å². The molecule has 8 heteroatoms. The Morgan fingerprint density at radius 1 is 1.19 bits per heavy atom. The Morgan fingerprint density at radius 2 is 1.94 bits per heavy atom. The average Bonchev–Trinajstić information content (AvgIpc) is 3.29. The van der Waals surface area contributed by atoms with Gasteiger partial charge in [0.25, 0.3) is 5.56 Å². The topological polar surface area (TPSA) is 81.8 Å². The van der Waals surface area contributed by atoms with Crippen LogP contribution in [-0.2, 0) is 11.3 Å². The van der Waals surface area contributed by atoms with Gasteiger partial charge >= 0.3 is 0 Å². The number of benzene rings is 1. The molecule has 31 heavy (non-hydrogen) atoms. The summed E-state index contributed by atoms with van der Waals surface area (Å²) in [5.74, 6) is 0.468. The van der Waals surface area contributed by atoms with Crippen LogP contribution < -0.4 is 10.9 Å². The van der Waals surface area contributed by atoms with E-state index in [9.17, 15) is 9.59 Å². The maximum atomic E-state index is 12.8. The molecule has 0 aliphatic carbocycles. The molecule has 0 radical (unpaired) electrons. The van der Waals surface area contributed by atoms with Gasteiger partial charge in [0.15, 0.2) is 0 Å². The van der Waals surface area contributed by atoms with E-state index >= 15 is 0 Å². The zero-order chi connectivity index (χ0) is 22.1. The Kier molecular flexibility index (Phi) is 5.73. The summed E-state index contributed by atoms with van der Waals surface area (Å²) in [7, 11) is 0. The molecule has 1 aromatic carbocycles. The lowest BCUT2D eigenvalue weighted by Gasteiger charge is -2.12. The molecule has 4 rings (SSSR count). The summed E-state index contributed by atoms with van der Waals surface area (Å²) < 4.78 is 3.31. The minimum Gasteiger partial charge on any atom is -0.311 e. The third-order valence-corrected chi connectivity index (χ3v) is 6.41. The van der Waals surface area contributed by atoms with Crippen molar-refractivity contribution in [3.05, 3.63) is 63.5 Å². The Bertz CT molecular complexity index is 1300. The number of nitrogens with one attached hydrogen (secondary N) is 1. The van der Waals surface area contributed by atoms with Crippen molar-refractivity contribution >= 4 is 33.3 Å². The van der Waals surface area contributed by atoms with Gasteiger partial charge < -0.3 is 5.32 Å². The second kappa shape index (κ2) is 8.47. The fourth-order valence-electron chi connectivity index (χ4n) is 3.49. The summed E-state index contributed by atoms with van der Waals surface area (Å²) in [5, 5.41) is 8.25. The van der Waals surface area contributed by atoms with Gasteiger partial charge in [0.05, 0.1) is 17.4 Å². The van der Waals surface area contributed by atoms with E-state index in [1.165, 1.54) is 22.2 Å². The average molecular weight is 436 g/mol. The van der Waals surface area contributed by atoms with Gasteiger partial charge in [-0.15, -0.1) is 11.3 Å².